The molecule has 0 bridgehead atoms. The maximum atomic E-state index is 12.3. The number of sulfonamides is 1. The van der Waals surface area contributed by atoms with Crippen molar-refractivity contribution in [2.45, 2.75) is 31.3 Å². The third-order valence-electron chi connectivity index (χ3n) is 3.39. The van der Waals surface area contributed by atoms with Crippen LogP contribution in [0, 0.1) is 6.92 Å². The van der Waals surface area contributed by atoms with E-state index < -0.39 is 16.1 Å². The Bertz CT molecular complexity index is 725. The van der Waals surface area contributed by atoms with Gasteiger partial charge >= 0.3 is 0 Å². The van der Waals surface area contributed by atoms with E-state index in [-0.39, 0.29) is 17.9 Å². The summed E-state index contributed by atoms with van der Waals surface area (Å²) in [6.45, 7) is 4.32. The smallest absolute Gasteiger partial charge is 0.240 e. The predicted molar refractivity (Wildman–Crippen MR) is 85.8 cm³/mol. The van der Waals surface area contributed by atoms with Gasteiger partial charge < -0.3 is 14.3 Å². The Morgan fingerprint density at radius 3 is 2.74 bits per heavy atom. The molecule has 0 radical (unpaired) electrons. The highest BCUT2D eigenvalue weighted by Gasteiger charge is 2.16. The molecule has 0 spiro atoms. The number of benzene rings is 1. The molecule has 23 heavy (non-hydrogen) atoms. The van der Waals surface area contributed by atoms with Crippen LogP contribution in [0.1, 0.15) is 30.6 Å². The number of aliphatic hydroxyl groups is 1. The lowest BCUT2D eigenvalue weighted by atomic mass is 10.1. The summed E-state index contributed by atoms with van der Waals surface area (Å²) in [7, 11) is -3.62. The van der Waals surface area contributed by atoms with E-state index in [0.717, 1.165) is 5.56 Å². The Morgan fingerprint density at radius 2 is 2.13 bits per heavy atom. The van der Waals surface area contributed by atoms with Gasteiger partial charge in [0.2, 0.25) is 10.0 Å². The van der Waals surface area contributed by atoms with Crippen molar-refractivity contribution in [3.63, 3.8) is 0 Å². The van der Waals surface area contributed by atoms with Crippen molar-refractivity contribution in [2.24, 2.45) is 0 Å². The number of aryl methyl sites for hydroxylation is 1. The van der Waals surface area contributed by atoms with Gasteiger partial charge in [-0.2, -0.15) is 0 Å². The Hall–Kier alpha value is -1.83. The van der Waals surface area contributed by atoms with E-state index in [1.807, 2.05) is 6.92 Å². The highest BCUT2D eigenvalue weighted by molar-refractivity contribution is 7.89. The first-order valence-electron chi connectivity index (χ1n) is 7.37. The van der Waals surface area contributed by atoms with Gasteiger partial charge in [-0.25, -0.2) is 13.1 Å². The number of nitrogens with one attached hydrogen (secondary N) is 1. The number of furan rings is 1. The van der Waals surface area contributed by atoms with E-state index in [9.17, 15) is 13.5 Å². The molecule has 2 aromatic rings. The Morgan fingerprint density at radius 1 is 1.35 bits per heavy atom. The highest BCUT2D eigenvalue weighted by atomic mass is 32.2. The SMILES string of the molecule is CCOc1ccc(S(=O)(=O)NCC[C@@H](O)c2ccoc2)cc1C. The highest BCUT2D eigenvalue weighted by Crippen LogP contribution is 2.22. The zero-order valence-corrected chi connectivity index (χ0v) is 14.0. The topological polar surface area (TPSA) is 88.8 Å². The maximum Gasteiger partial charge on any atom is 0.240 e. The first-order chi connectivity index (χ1) is 10.9. The average Bonchev–Trinajstić information content (AvgIpc) is 3.03. The van der Waals surface area contributed by atoms with Crippen molar-refractivity contribution in [1.29, 1.82) is 0 Å². The zero-order chi connectivity index (χ0) is 16.9. The van der Waals surface area contributed by atoms with Gasteiger partial charge in [0.05, 0.1) is 30.1 Å². The van der Waals surface area contributed by atoms with Gasteiger partial charge in [0, 0.05) is 12.1 Å². The quantitative estimate of drug-likeness (QED) is 0.771. The van der Waals surface area contributed by atoms with Crippen LogP contribution in [-0.4, -0.2) is 26.7 Å². The minimum absolute atomic E-state index is 0.126. The maximum absolute atomic E-state index is 12.3. The number of hydrogen-bond donors (Lipinski definition) is 2. The van der Waals surface area contributed by atoms with Crippen molar-refractivity contribution >= 4 is 10.0 Å². The minimum Gasteiger partial charge on any atom is -0.494 e. The Labute approximate surface area is 136 Å². The largest absolute Gasteiger partial charge is 0.494 e. The molecule has 1 heterocycles. The minimum atomic E-state index is -3.62. The van der Waals surface area contributed by atoms with Gasteiger partial charge in [0.15, 0.2) is 0 Å². The van der Waals surface area contributed by atoms with Gasteiger partial charge in [-0.15, -0.1) is 0 Å². The van der Waals surface area contributed by atoms with E-state index in [2.05, 4.69) is 4.72 Å². The molecule has 1 atom stereocenters. The summed E-state index contributed by atoms with van der Waals surface area (Å²) in [5, 5.41) is 9.91. The summed E-state index contributed by atoms with van der Waals surface area (Å²) < 4.78 is 37.3. The molecule has 0 amide bonds. The number of hydrogen-bond acceptors (Lipinski definition) is 5. The van der Waals surface area contributed by atoms with Crippen LogP contribution in [0.2, 0.25) is 0 Å². The number of aliphatic hydroxyl groups excluding tert-OH is 1. The van der Waals surface area contributed by atoms with Gasteiger partial charge in [0.1, 0.15) is 5.75 Å². The molecule has 7 heteroatoms. The zero-order valence-electron chi connectivity index (χ0n) is 13.2. The molecule has 0 unspecified atom stereocenters. The summed E-state index contributed by atoms with van der Waals surface area (Å²) in [4.78, 5) is 0.177. The van der Waals surface area contributed by atoms with Crippen molar-refractivity contribution in [3.8, 4) is 5.75 Å². The summed E-state index contributed by atoms with van der Waals surface area (Å²) in [6, 6.07) is 6.37. The molecule has 0 saturated heterocycles. The molecule has 1 aromatic heterocycles. The molecular weight excluding hydrogens is 318 g/mol. The van der Waals surface area contributed by atoms with Crippen molar-refractivity contribution in [3.05, 3.63) is 47.9 Å². The van der Waals surface area contributed by atoms with E-state index >= 15 is 0 Å². The molecule has 0 fully saturated rings. The molecule has 0 saturated carbocycles. The second kappa shape index (κ2) is 7.63. The third-order valence-corrected chi connectivity index (χ3v) is 4.85. The lowest BCUT2D eigenvalue weighted by molar-refractivity contribution is 0.168. The van der Waals surface area contributed by atoms with Crippen LogP contribution in [-0.2, 0) is 10.0 Å². The second-order valence-electron chi connectivity index (χ2n) is 5.12. The van der Waals surface area contributed by atoms with Crippen LogP contribution in [0.3, 0.4) is 0 Å². The van der Waals surface area contributed by atoms with Gasteiger partial charge in [-0.1, -0.05) is 0 Å². The fourth-order valence-corrected chi connectivity index (χ4v) is 3.28. The molecule has 0 aliphatic carbocycles. The fraction of sp³-hybridized carbons (Fsp3) is 0.375. The predicted octanol–water partition coefficient (Wildman–Crippen LogP) is 2.39. The van der Waals surface area contributed by atoms with Crippen molar-refractivity contribution in [2.75, 3.05) is 13.2 Å². The molecule has 1 aromatic carbocycles. The summed E-state index contributed by atoms with van der Waals surface area (Å²) in [6.07, 6.45) is 2.40. The van der Waals surface area contributed by atoms with Crippen molar-refractivity contribution < 1.29 is 22.7 Å². The van der Waals surface area contributed by atoms with Gasteiger partial charge in [0.25, 0.3) is 0 Å². The number of ether oxygens (including phenoxy) is 1. The monoisotopic (exact) mass is 339 g/mol. The van der Waals surface area contributed by atoms with Gasteiger partial charge in [-0.3, -0.25) is 0 Å². The van der Waals surface area contributed by atoms with Crippen LogP contribution in [0.4, 0.5) is 0 Å². The summed E-state index contributed by atoms with van der Waals surface area (Å²) in [5.74, 6) is 0.668. The molecule has 0 aliphatic heterocycles. The number of rotatable bonds is 8. The fourth-order valence-electron chi connectivity index (χ4n) is 2.15. The van der Waals surface area contributed by atoms with Crippen LogP contribution >= 0.6 is 0 Å². The van der Waals surface area contributed by atoms with E-state index in [1.165, 1.54) is 18.6 Å². The van der Waals surface area contributed by atoms with Crippen molar-refractivity contribution in [1.82, 2.24) is 4.72 Å². The standard InChI is InChI=1S/C16H21NO5S/c1-3-22-16-5-4-14(10-12(16)2)23(19,20)17-8-6-15(18)13-7-9-21-11-13/h4-5,7,9-11,15,17-18H,3,6,8H2,1-2H3/t15-/m1/s1. The molecule has 6 nitrogen and oxygen atoms in total. The van der Waals surface area contributed by atoms with Crippen LogP contribution in [0.15, 0.2) is 46.1 Å². The Kier molecular flexibility index (Phi) is 5.81. The van der Waals surface area contributed by atoms with Crippen LogP contribution in [0.25, 0.3) is 0 Å². The summed E-state index contributed by atoms with van der Waals surface area (Å²) in [5.41, 5.74) is 1.38. The average molecular weight is 339 g/mol. The lowest BCUT2D eigenvalue weighted by Gasteiger charge is -2.12. The van der Waals surface area contributed by atoms with Crippen LogP contribution < -0.4 is 9.46 Å². The van der Waals surface area contributed by atoms with E-state index in [4.69, 9.17) is 9.15 Å². The molecule has 0 aliphatic rings. The first-order valence-corrected chi connectivity index (χ1v) is 8.85. The van der Waals surface area contributed by atoms with E-state index in [0.29, 0.717) is 17.9 Å². The summed E-state index contributed by atoms with van der Waals surface area (Å²) >= 11 is 0. The Balaban J connectivity index is 1.97. The lowest BCUT2D eigenvalue weighted by Crippen LogP contribution is -2.26. The van der Waals surface area contributed by atoms with Gasteiger partial charge in [-0.05, 0) is 50.1 Å². The molecule has 126 valence electrons. The molecule has 2 N–H and O–H groups in total. The van der Waals surface area contributed by atoms with E-state index in [1.54, 1.807) is 25.1 Å². The van der Waals surface area contributed by atoms with Crippen LogP contribution in [0.5, 0.6) is 5.75 Å². The molecule has 2 rings (SSSR count). The molecular formula is C16H21NO5S. The normalized spacial score (nSPS) is 13.0. The second-order valence-corrected chi connectivity index (χ2v) is 6.89. The third kappa shape index (κ3) is 4.57. The first kappa shape index (κ1) is 17.5.